The Morgan fingerprint density at radius 3 is 2.25 bits per heavy atom. The monoisotopic (exact) mass is 559 g/mol. The number of carbonyl (C=O) groups excluding carboxylic acids is 1. The summed E-state index contributed by atoms with van der Waals surface area (Å²) in [7, 11) is -0.419. The van der Waals surface area contributed by atoms with Gasteiger partial charge in [0.15, 0.2) is 0 Å². The summed E-state index contributed by atoms with van der Waals surface area (Å²) in [5.74, 6) is -0.482. The molecule has 2 aromatic carbocycles. The van der Waals surface area contributed by atoms with Gasteiger partial charge in [-0.05, 0) is 67.3 Å². The molecule has 3 aromatic rings. The van der Waals surface area contributed by atoms with Crippen LogP contribution in [-0.2, 0) is 9.30 Å². The summed E-state index contributed by atoms with van der Waals surface area (Å²) in [4.78, 5) is 19.7. The number of ether oxygens (including phenoxy) is 1. The number of allylic oxidation sites excluding steroid dienone is 1. The standard InChI is InChI=1S/C32H35FN3O3P/c1-22(35-31(37)26-15-29(19-34-18-26)40(38)13-11-39-12-14-40)23-3-5-24(6-4-23)30(25-7-9-28(33)10-8-25)27-16-32(17-27)20-36(2)21-32/h3-10,15,18-19,22H,11-14,16-17,20-21H2,1-2H3,(H,35,37)/t22-/m1/s1. The molecule has 1 aromatic heterocycles. The summed E-state index contributed by atoms with van der Waals surface area (Å²) in [6.07, 6.45) is 6.25. The largest absolute Gasteiger partial charge is 0.380 e. The van der Waals surface area contributed by atoms with Gasteiger partial charge < -0.3 is 19.5 Å². The van der Waals surface area contributed by atoms with Crippen LogP contribution in [0.25, 0.3) is 5.57 Å². The van der Waals surface area contributed by atoms with Crippen molar-refractivity contribution in [2.75, 3.05) is 45.7 Å². The van der Waals surface area contributed by atoms with Crippen molar-refractivity contribution in [1.29, 1.82) is 0 Å². The lowest BCUT2D eigenvalue weighted by atomic mass is 9.59. The number of nitrogens with one attached hydrogen (secondary N) is 1. The van der Waals surface area contributed by atoms with Gasteiger partial charge in [0.25, 0.3) is 5.91 Å². The van der Waals surface area contributed by atoms with Gasteiger partial charge in [-0.2, -0.15) is 0 Å². The molecule has 3 heterocycles. The Morgan fingerprint density at radius 1 is 1.00 bits per heavy atom. The van der Waals surface area contributed by atoms with Gasteiger partial charge in [0, 0.05) is 48.5 Å². The molecule has 1 N–H and O–H groups in total. The predicted octanol–water partition coefficient (Wildman–Crippen LogP) is 5.26. The predicted molar refractivity (Wildman–Crippen MR) is 156 cm³/mol. The van der Waals surface area contributed by atoms with E-state index < -0.39 is 7.14 Å². The first-order chi connectivity index (χ1) is 19.2. The van der Waals surface area contributed by atoms with E-state index in [9.17, 15) is 13.8 Å². The Bertz CT molecular complexity index is 1480. The molecule has 3 fully saturated rings. The second-order valence-electron chi connectivity index (χ2n) is 11.7. The zero-order chi connectivity index (χ0) is 27.9. The fraction of sp³-hybridized carbons (Fsp3) is 0.375. The van der Waals surface area contributed by atoms with E-state index in [0.29, 0.717) is 41.8 Å². The Morgan fingerprint density at radius 2 is 1.62 bits per heavy atom. The Labute approximate surface area is 235 Å². The van der Waals surface area contributed by atoms with Crippen molar-refractivity contribution >= 4 is 23.9 Å². The van der Waals surface area contributed by atoms with Gasteiger partial charge in [0.1, 0.15) is 13.0 Å². The maximum absolute atomic E-state index is 13.7. The normalized spacial score (nSPS) is 20.3. The molecule has 0 unspecified atom stereocenters. The molecule has 1 atom stereocenters. The van der Waals surface area contributed by atoms with Crippen molar-refractivity contribution in [3.05, 3.63) is 101 Å². The maximum Gasteiger partial charge on any atom is 0.253 e. The quantitative estimate of drug-likeness (QED) is 0.418. The van der Waals surface area contributed by atoms with Gasteiger partial charge in [-0.1, -0.05) is 42.0 Å². The number of benzene rings is 2. The molecular weight excluding hydrogens is 524 g/mol. The zero-order valence-corrected chi connectivity index (χ0v) is 23.9. The Hall–Kier alpha value is -3.12. The molecule has 1 spiro atoms. The summed E-state index contributed by atoms with van der Waals surface area (Å²) < 4.78 is 32.4. The molecule has 2 aliphatic heterocycles. The lowest BCUT2D eigenvalue weighted by Gasteiger charge is -2.56. The number of halogens is 1. The number of hydrogen-bond donors (Lipinski definition) is 1. The molecule has 40 heavy (non-hydrogen) atoms. The first kappa shape index (κ1) is 27.1. The number of rotatable bonds is 6. The highest BCUT2D eigenvalue weighted by Gasteiger charge is 2.49. The molecular formula is C32H35FN3O3P. The minimum atomic E-state index is -2.58. The van der Waals surface area contributed by atoms with Crippen LogP contribution in [0.15, 0.2) is 72.6 Å². The minimum Gasteiger partial charge on any atom is -0.380 e. The Kier molecular flexibility index (Phi) is 7.24. The number of hydrogen-bond acceptors (Lipinski definition) is 5. The summed E-state index contributed by atoms with van der Waals surface area (Å²) in [6, 6.07) is 16.6. The van der Waals surface area contributed by atoms with E-state index >= 15 is 0 Å². The van der Waals surface area contributed by atoms with E-state index in [0.717, 1.165) is 42.6 Å². The van der Waals surface area contributed by atoms with Gasteiger partial charge in [0.05, 0.1) is 24.8 Å². The number of aromatic nitrogens is 1. The number of carbonyl (C=O) groups is 1. The number of pyridine rings is 1. The highest BCUT2D eigenvalue weighted by molar-refractivity contribution is 7.71. The van der Waals surface area contributed by atoms with E-state index in [1.165, 1.54) is 29.5 Å². The van der Waals surface area contributed by atoms with Gasteiger partial charge in [0.2, 0.25) is 0 Å². The van der Waals surface area contributed by atoms with E-state index in [1.54, 1.807) is 12.3 Å². The maximum atomic E-state index is 13.7. The average Bonchev–Trinajstić information content (AvgIpc) is 2.93. The van der Waals surface area contributed by atoms with Crippen LogP contribution < -0.4 is 10.6 Å². The highest BCUT2D eigenvalue weighted by Crippen LogP contribution is 2.54. The zero-order valence-electron chi connectivity index (χ0n) is 23.0. The SMILES string of the molecule is C[C@@H](NC(=O)c1cncc(P2(=O)CCOCC2)c1)c1ccc(C(=C2CC3(C2)CN(C)C3)c2ccc(F)cc2)cc1. The topological polar surface area (TPSA) is 71.5 Å². The van der Waals surface area contributed by atoms with E-state index in [-0.39, 0.29) is 17.8 Å². The van der Waals surface area contributed by atoms with Crippen LogP contribution in [0.3, 0.4) is 0 Å². The third kappa shape index (κ3) is 5.30. The summed E-state index contributed by atoms with van der Waals surface area (Å²) >= 11 is 0. The summed E-state index contributed by atoms with van der Waals surface area (Å²) in [5, 5.41) is 3.71. The summed E-state index contributed by atoms with van der Waals surface area (Å²) in [6.45, 7) is 5.16. The Balaban J connectivity index is 1.19. The third-order valence-electron chi connectivity index (χ3n) is 8.57. The van der Waals surface area contributed by atoms with Gasteiger partial charge in [-0.3, -0.25) is 9.78 Å². The van der Waals surface area contributed by atoms with Crippen LogP contribution in [0.1, 0.15) is 52.9 Å². The first-order valence-corrected chi connectivity index (χ1v) is 16.0. The van der Waals surface area contributed by atoms with Crippen molar-refractivity contribution in [2.45, 2.75) is 25.8 Å². The van der Waals surface area contributed by atoms with Crippen LogP contribution in [-0.4, -0.2) is 61.5 Å². The third-order valence-corrected chi connectivity index (χ3v) is 11.6. The molecule has 1 aliphatic carbocycles. The van der Waals surface area contributed by atoms with Crippen LogP contribution in [0.4, 0.5) is 4.39 Å². The second kappa shape index (κ2) is 10.7. The lowest BCUT2D eigenvalue weighted by Crippen LogP contribution is -2.58. The highest BCUT2D eigenvalue weighted by atomic mass is 31.2. The van der Waals surface area contributed by atoms with Crippen LogP contribution >= 0.6 is 7.14 Å². The fourth-order valence-corrected chi connectivity index (χ4v) is 8.76. The molecule has 0 bridgehead atoms. The van der Waals surface area contributed by atoms with Crippen molar-refractivity contribution in [3.8, 4) is 0 Å². The van der Waals surface area contributed by atoms with Crippen molar-refractivity contribution in [2.24, 2.45) is 5.41 Å². The molecule has 1 amide bonds. The van der Waals surface area contributed by atoms with Crippen molar-refractivity contribution < 1.29 is 18.5 Å². The molecule has 1 saturated carbocycles. The van der Waals surface area contributed by atoms with E-state index in [2.05, 4.69) is 34.4 Å². The van der Waals surface area contributed by atoms with E-state index in [4.69, 9.17) is 4.74 Å². The van der Waals surface area contributed by atoms with Crippen LogP contribution in [0, 0.1) is 11.2 Å². The molecule has 2 saturated heterocycles. The van der Waals surface area contributed by atoms with E-state index in [1.807, 2.05) is 31.2 Å². The first-order valence-electron chi connectivity index (χ1n) is 13.9. The smallest absolute Gasteiger partial charge is 0.253 e. The van der Waals surface area contributed by atoms with Gasteiger partial charge in [-0.25, -0.2) is 4.39 Å². The summed E-state index contributed by atoms with van der Waals surface area (Å²) in [5.41, 5.74) is 6.53. The van der Waals surface area contributed by atoms with Crippen molar-refractivity contribution in [1.82, 2.24) is 15.2 Å². The number of amides is 1. The van der Waals surface area contributed by atoms with Gasteiger partial charge in [-0.15, -0.1) is 0 Å². The van der Waals surface area contributed by atoms with Crippen LogP contribution in [0.2, 0.25) is 0 Å². The number of nitrogens with zero attached hydrogens (tertiary/aromatic N) is 2. The molecule has 0 radical (unpaired) electrons. The second-order valence-corrected chi connectivity index (χ2v) is 14.9. The lowest BCUT2D eigenvalue weighted by molar-refractivity contribution is -0.0106. The molecule has 6 rings (SSSR count). The minimum absolute atomic E-state index is 0.233. The molecule has 6 nitrogen and oxygen atoms in total. The molecule has 8 heteroatoms. The number of likely N-dealkylation sites (tertiary alicyclic amines) is 1. The van der Waals surface area contributed by atoms with Crippen LogP contribution in [0.5, 0.6) is 0 Å². The fourth-order valence-electron chi connectivity index (χ4n) is 6.52. The molecule has 208 valence electrons. The molecule has 3 aliphatic rings. The average molecular weight is 560 g/mol. The van der Waals surface area contributed by atoms with Crippen molar-refractivity contribution in [3.63, 3.8) is 0 Å². The van der Waals surface area contributed by atoms with Gasteiger partial charge >= 0.3 is 0 Å².